The number of amides is 1. The van der Waals surface area contributed by atoms with Crippen molar-refractivity contribution in [3.8, 4) is 11.4 Å². The Morgan fingerprint density at radius 2 is 2.08 bits per heavy atom. The molecule has 1 aromatic carbocycles. The number of benzene rings is 1. The van der Waals surface area contributed by atoms with E-state index in [0.29, 0.717) is 30.8 Å². The van der Waals surface area contributed by atoms with E-state index in [0.717, 1.165) is 11.1 Å². The van der Waals surface area contributed by atoms with Crippen LogP contribution in [0.15, 0.2) is 30.5 Å². The molecule has 0 saturated carbocycles. The van der Waals surface area contributed by atoms with Gasteiger partial charge in [0.2, 0.25) is 0 Å². The molecule has 0 saturated heterocycles. The van der Waals surface area contributed by atoms with E-state index < -0.39 is 22.3 Å². The maximum absolute atomic E-state index is 11.1. The van der Waals surface area contributed by atoms with Gasteiger partial charge >= 0.3 is 6.09 Å². The van der Waals surface area contributed by atoms with Crippen molar-refractivity contribution in [3.05, 3.63) is 41.7 Å². The number of unbranched alkanes of at least 4 members (excludes halogenated alkanes) is 1. The lowest BCUT2D eigenvalue weighted by molar-refractivity contribution is 0.188. The van der Waals surface area contributed by atoms with Crippen molar-refractivity contribution in [1.29, 1.82) is 0 Å². The lowest BCUT2D eigenvalue weighted by Crippen LogP contribution is -2.31. The van der Waals surface area contributed by atoms with E-state index in [4.69, 9.17) is 10.2 Å². The summed E-state index contributed by atoms with van der Waals surface area (Å²) >= 11 is 0. The maximum Gasteiger partial charge on any atom is 0.405 e. The number of carboxylic acid groups (broad SMARTS) is 1. The monoisotopic (exact) mass is 381 g/mol. The quantitative estimate of drug-likeness (QED) is 0.419. The van der Waals surface area contributed by atoms with Gasteiger partial charge in [-0.15, -0.1) is 0 Å². The number of nitrogens with two attached hydrogens (primary N) is 1. The third kappa shape index (κ3) is 6.14. The van der Waals surface area contributed by atoms with Crippen molar-refractivity contribution in [2.45, 2.75) is 32.2 Å². The smallest absolute Gasteiger partial charge is 0.405 e. The summed E-state index contributed by atoms with van der Waals surface area (Å²) in [5, 5.41) is 16.4. The predicted molar refractivity (Wildman–Crippen MR) is 97.6 cm³/mol. The fourth-order valence-electron chi connectivity index (χ4n) is 2.63. The van der Waals surface area contributed by atoms with Gasteiger partial charge in [-0.05, 0) is 31.7 Å². The highest BCUT2D eigenvalue weighted by atomic mass is 32.2. The highest BCUT2D eigenvalue weighted by molar-refractivity contribution is 7.87. The van der Waals surface area contributed by atoms with Crippen LogP contribution in [0.4, 0.5) is 4.79 Å². The molecule has 1 aromatic heterocycles. The molecule has 1 amide bonds. The zero-order valence-electron chi connectivity index (χ0n) is 14.4. The van der Waals surface area contributed by atoms with Crippen molar-refractivity contribution in [2.75, 3.05) is 6.54 Å². The number of H-pyrrole nitrogens is 1. The van der Waals surface area contributed by atoms with Crippen molar-refractivity contribution in [3.63, 3.8) is 0 Å². The van der Waals surface area contributed by atoms with Gasteiger partial charge in [0.15, 0.2) is 0 Å². The molecule has 0 aliphatic carbocycles. The molecule has 0 spiro atoms. The number of hydrogen-bond acceptors (Lipinski definition) is 4. The number of aromatic nitrogens is 2. The number of rotatable bonds is 9. The van der Waals surface area contributed by atoms with Gasteiger partial charge in [-0.3, -0.25) is 0 Å². The lowest BCUT2D eigenvalue weighted by atomic mass is 10.1. The molecule has 2 rings (SSSR count). The number of hydrogen-bond donors (Lipinski definition) is 5. The van der Waals surface area contributed by atoms with E-state index in [1.54, 1.807) is 6.20 Å². The van der Waals surface area contributed by atoms with E-state index in [2.05, 4.69) is 20.0 Å². The summed E-state index contributed by atoms with van der Waals surface area (Å²) in [6.45, 7) is 2.18. The van der Waals surface area contributed by atoms with Gasteiger partial charge in [-0.1, -0.05) is 24.3 Å². The fraction of sp³-hybridized carbons (Fsp3) is 0.375. The Balaban J connectivity index is 2.03. The van der Waals surface area contributed by atoms with Crippen molar-refractivity contribution >= 4 is 16.3 Å². The minimum Gasteiger partial charge on any atom is -0.465 e. The number of nitrogens with one attached hydrogen (secondary N) is 3. The van der Waals surface area contributed by atoms with Crippen LogP contribution in [-0.4, -0.2) is 36.1 Å². The van der Waals surface area contributed by atoms with E-state index >= 15 is 0 Å². The van der Waals surface area contributed by atoms with E-state index in [-0.39, 0.29) is 6.54 Å². The number of carbonyl (C=O) groups is 1. The molecule has 0 aliphatic rings. The molecule has 6 N–H and O–H groups in total. The van der Waals surface area contributed by atoms with Crippen molar-refractivity contribution < 1.29 is 18.3 Å². The molecule has 1 atom stereocenters. The average Bonchev–Trinajstić information content (AvgIpc) is 3.02. The number of imidazole rings is 1. The second-order valence-corrected chi connectivity index (χ2v) is 7.32. The molecule has 2 aromatic rings. The topological polar surface area (TPSA) is 150 Å². The first-order valence-corrected chi connectivity index (χ1v) is 9.68. The van der Waals surface area contributed by atoms with Gasteiger partial charge in [0.1, 0.15) is 5.82 Å². The summed E-state index contributed by atoms with van der Waals surface area (Å²) in [7, 11) is -3.70. The largest absolute Gasteiger partial charge is 0.465 e. The second-order valence-electron chi connectivity index (χ2n) is 5.94. The van der Waals surface area contributed by atoms with Crippen LogP contribution in [0.25, 0.3) is 11.4 Å². The Kier molecular flexibility index (Phi) is 6.72. The molecule has 1 heterocycles. The van der Waals surface area contributed by atoms with E-state index in [9.17, 15) is 13.2 Å². The van der Waals surface area contributed by atoms with Crippen LogP contribution in [0, 0.1) is 6.92 Å². The Bertz CT molecular complexity index is 850. The summed E-state index contributed by atoms with van der Waals surface area (Å²) in [6.07, 6.45) is 2.11. The first-order valence-electron chi connectivity index (χ1n) is 8.14. The zero-order chi connectivity index (χ0) is 19.2. The van der Waals surface area contributed by atoms with Crippen molar-refractivity contribution in [1.82, 2.24) is 20.0 Å². The van der Waals surface area contributed by atoms with Gasteiger partial charge in [0.05, 0.1) is 17.9 Å². The van der Waals surface area contributed by atoms with Crippen LogP contribution < -0.4 is 15.2 Å². The summed E-state index contributed by atoms with van der Waals surface area (Å²) in [6, 6.07) is 7.30. The van der Waals surface area contributed by atoms with Crippen LogP contribution >= 0.6 is 0 Å². The van der Waals surface area contributed by atoms with Crippen LogP contribution in [0.5, 0.6) is 0 Å². The molecule has 1 unspecified atom stereocenters. The zero-order valence-corrected chi connectivity index (χ0v) is 15.2. The van der Waals surface area contributed by atoms with Gasteiger partial charge in [0, 0.05) is 12.1 Å². The van der Waals surface area contributed by atoms with Crippen LogP contribution in [-0.2, 0) is 10.2 Å². The highest BCUT2D eigenvalue weighted by Gasteiger charge is 2.17. The Hall–Kier alpha value is -2.43. The van der Waals surface area contributed by atoms with Crippen LogP contribution in [0.3, 0.4) is 0 Å². The van der Waals surface area contributed by atoms with Crippen LogP contribution in [0.1, 0.15) is 36.6 Å². The average molecular weight is 381 g/mol. The molecule has 26 heavy (non-hydrogen) atoms. The molecule has 0 bridgehead atoms. The standard InChI is InChI=1S/C16H23N5O4S/c1-11-6-2-3-7-12(11)15-18-10-14(20-15)13(21-16(22)23)8-4-5-9-19-26(17,24)25/h2-3,6-7,10,13,19,21H,4-5,8-9H2,1H3,(H,18,20)(H,22,23)(H2,17,24,25). The molecule has 0 fully saturated rings. The number of nitrogens with zero attached hydrogens (tertiary/aromatic N) is 1. The van der Waals surface area contributed by atoms with Gasteiger partial charge < -0.3 is 15.4 Å². The van der Waals surface area contributed by atoms with E-state index in [1.807, 2.05) is 31.2 Å². The van der Waals surface area contributed by atoms with Gasteiger partial charge in [0.25, 0.3) is 10.2 Å². The van der Waals surface area contributed by atoms with Gasteiger partial charge in [-0.25, -0.2) is 19.6 Å². The summed E-state index contributed by atoms with van der Waals surface area (Å²) in [5.41, 5.74) is 2.67. The molecule has 10 heteroatoms. The summed E-state index contributed by atoms with van der Waals surface area (Å²) in [5.74, 6) is 0.672. The SMILES string of the molecule is Cc1ccccc1-c1ncc(C(CCCCNS(N)(=O)=O)NC(=O)O)[nH]1. The number of aryl methyl sites for hydroxylation is 1. The molecule has 0 aliphatic heterocycles. The Morgan fingerprint density at radius 3 is 2.73 bits per heavy atom. The van der Waals surface area contributed by atoms with Crippen molar-refractivity contribution in [2.24, 2.45) is 5.14 Å². The Labute approximate surface area is 152 Å². The predicted octanol–water partition coefficient (Wildman–Crippen LogP) is 1.66. The molecule has 9 nitrogen and oxygen atoms in total. The fourth-order valence-corrected chi connectivity index (χ4v) is 3.06. The third-order valence-corrected chi connectivity index (χ3v) is 4.50. The first-order chi connectivity index (χ1) is 12.3. The molecule has 142 valence electrons. The van der Waals surface area contributed by atoms with E-state index in [1.165, 1.54) is 0 Å². The summed E-state index contributed by atoms with van der Waals surface area (Å²) in [4.78, 5) is 18.6. The third-order valence-electron chi connectivity index (χ3n) is 3.89. The molecule has 0 radical (unpaired) electrons. The maximum atomic E-state index is 11.1. The first kappa shape index (κ1) is 19.9. The van der Waals surface area contributed by atoms with Crippen LogP contribution in [0.2, 0.25) is 0 Å². The number of aromatic amines is 1. The minimum absolute atomic E-state index is 0.204. The minimum atomic E-state index is -3.70. The second kappa shape index (κ2) is 8.79. The molecular weight excluding hydrogens is 358 g/mol. The summed E-state index contributed by atoms with van der Waals surface area (Å²) < 4.78 is 23.8. The van der Waals surface area contributed by atoms with Gasteiger partial charge in [-0.2, -0.15) is 8.42 Å². The highest BCUT2D eigenvalue weighted by Crippen LogP contribution is 2.24. The Morgan fingerprint density at radius 1 is 1.35 bits per heavy atom. The molecular formula is C16H23N5O4S. The normalized spacial score (nSPS) is 12.7. The lowest BCUT2D eigenvalue weighted by Gasteiger charge is -2.15.